The molecule has 0 spiro atoms. The SMILES string of the molecule is Oc1ccc(-c2ccc(Cl)c(O)c2)cc1F. The largest absolute Gasteiger partial charge is 0.506 e. The van der Waals surface area contributed by atoms with Crippen molar-refractivity contribution in [3.63, 3.8) is 0 Å². The summed E-state index contributed by atoms with van der Waals surface area (Å²) in [5.41, 5.74) is 1.18. The molecule has 0 unspecified atom stereocenters. The highest BCUT2D eigenvalue weighted by Crippen LogP contribution is 2.31. The van der Waals surface area contributed by atoms with E-state index in [0.717, 1.165) is 0 Å². The molecule has 0 saturated carbocycles. The molecule has 4 heteroatoms. The summed E-state index contributed by atoms with van der Waals surface area (Å²) in [6, 6.07) is 8.63. The van der Waals surface area contributed by atoms with Crippen molar-refractivity contribution in [2.45, 2.75) is 0 Å². The first-order valence-electron chi connectivity index (χ1n) is 4.55. The Balaban J connectivity index is 2.50. The Morgan fingerprint density at radius 3 is 2.12 bits per heavy atom. The van der Waals surface area contributed by atoms with Crippen molar-refractivity contribution in [3.05, 3.63) is 47.2 Å². The normalized spacial score (nSPS) is 10.4. The van der Waals surface area contributed by atoms with Gasteiger partial charge in [-0.25, -0.2) is 4.39 Å². The van der Waals surface area contributed by atoms with Gasteiger partial charge in [0.1, 0.15) is 5.75 Å². The van der Waals surface area contributed by atoms with Crippen LogP contribution in [0, 0.1) is 5.82 Å². The fourth-order valence-electron chi connectivity index (χ4n) is 1.38. The van der Waals surface area contributed by atoms with Gasteiger partial charge >= 0.3 is 0 Å². The Hall–Kier alpha value is -1.74. The van der Waals surface area contributed by atoms with E-state index in [9.17, 15) is 9.50 Å². The van der Waals surface area contributed by atoms with Gasteiger partial charge in [0.2, 0.25) is 0 Å². The van der Waals surface area contributed by atoms with Crippen molar-refractivity contribution < 1.29 is 14.6 Å². The average Bonchev–Trinajstić information content (AvgIpc) is 2.26. The summed E-state index contributed by atoms with van der Waals surface area (Å²) in [6.45, 7) is 0. The van der Waals surface area contributed by atoms with Gasteiger partial charge in [0, 0.05) is 0 Å². The first kappa shape index (κ1) is 10.8. The zero-order valence-corrected chi connectivity index (χ0v) is 8.87. The van der Waals surface area contributed by atoms with Gasteiger partial charge in [-0.05, 0) is 35.4 Å². The van der Waals surface area contributed by atoms with Crippen LogP contribution in [0.4, 0.5) is 4.39 Å². The van der Waals surface area contributed by atoms with Crippen molar-refractivity contribution in [2.24, 2.45) is 0 Å². The van der Waals surface area contributed by atoms with Crippen molar-refractivity contribution in [2.75, 3.05) is 0 Å². The standard InChI is InChI=1S/C12H8ClFO2/c13-9-3-1-8(6-12(9)16)7-2-4-11(15)10(14)5-7/h1-6,15-16H. The van der Waals surface area contributed by atoms with Crippen LogP contribution in [0.5, 0.6) is 11.5 Å². The Kier molecular flexibility index (Phi) is 2.71. The summed E-state index contributed by atoms with van der Waals surface area (Å²) in [4.78, 5) is 0. The summed E-state index contributed by atoms with van der Waals surface area (Å²) >= 11 is 5.66. The molecular formula is C12H8ClFO2. The predicted octanol–water partition coefficient (Wildman–Crippen LogP) is 3.56. The van der Waals surface area contributed by atoms with E-state index in [2.05, 4.69) is 0 Å². The lowest BCUT2D eigenvalue weighted by molar-refractivity contribution is 0.432. The second-order valence-electron chi connectivity index (χ2n) is 3.33. The maximum atomic E-state index is 13.1. The lowest BCUT2D eigenvalue weighted by atomic mass is 10.1. The molecular weight excluding hydrogens is 231 g/mol. The Morgan fingerprint density at radius 1 is 0.875 bits per heavy atom. The second-order valence-corrected chi connectivity index (χ2v) is 3.74. The average molecular weight is 239 g/mol. The van der Waals surface area contributed by atoms with Gasteiger partial charge in [0.05, 0.1) is 5.02 Å². The van der Waals surface area contributed by atoms with Gasteiger partial charge < -0.3 is 10.2 Å². The Morgan fingerprint density at radius 2 is 1.50 bits per heavy atom. The molecule has 2 rings (SSSR count). The molecule has 0 atom stereocenters. The smallest absolute Gasteiger partial charge is 0.165 e. The Labute approximate surface area is 96.5 Å². The monoisotopic (exact) mass is 238 g/mol. The van der Waals surface area contributed by atoms with Crippen molar-refractivity contribution >= 4 is 11.6 Å². The summed E-state index contributed by atoms with van der Waals surface area (Å²) in [6.07, 6.45) is 0. The number of aromatic hydroxyl groups is 2. The molecule has 0 heterocycles. The first-order chi connectivity index (χ1) is 7.58. The van der Waals surface area contributed by atoms with Crippen LogP contribution in [-0.2, 0) is 0 Å². The summed E-state index contributed by atoms with van der Waals surface area (Å²) < 4.78 is 13.1. The van der Waals surface area contributed by atoms with E-state index in [1.165, 1.54) is 24.3 Å². The van der Waals surface area contributed by atoms with Crippen LogP contribution in [0.3, 0.4) is 0 Å². The fraction of sp³-hybridized carbons (Fsp3) is 0. The van der Waals surface area contributed by atoms with Crippen LogP contribution in [0.2, 0.25) is 5.02 Å². The maximum Gasteiger partial charge on any atom is 0.165 e. The molecule has 0 amide bonds. The molecule has 2 aromatic carbocycles. The molecule has 0 bridgehead atoms. The van der Waals surface area contributed by atoms with Gasteiger partial charge in [-0.1, -0.05) is 23.7 Å². The lowest BCUT2D eigenvalue weighted by Gasteiger charge is -2.04. The highest BCUT2D eigenvalue weighted by Gasteiger charge is 2.05. The molecule has 0 aliphatic carbocycles. The van der Waals surface area contributed by atoms with Crippen LogP contribution in [0.25, 0.3) is 11.1 Å². The van der Waals surface area contributed by atoms with Crippen molar-refractivity contribution in [3.8, 4) is 22.6 Å². The summed E-state index contributed by atoms with van der Waals surface area (Å²) in [5, 5.41) is 18.7. The molecule has 82 valence electrons. The van der Waals surface area contributed by atoms with E-state index in [-0.39, 0.29) is 10.8 Å². The number of hydrogen-bond donors (Lipinski definition) is 2. The molecule has 16 heavy (non-hydrogen) atoms. The predicted molar refractivity (Wildman–Crippen MR) is 60.2 cm³/mol. The molecule has 0 fully saturated rings. The van der Waals surface area contributed by atoms with Crippen molar-refractivity contribution in [1.82, 2.24) is 0 Å². The molecule has 2 nitrogen and oxygen atoms in total. The Bertz CT molecular complexity index is 491. The first-order valence-corrected chi connectivity index (χ1v) is 4.93. The van der Waals surface area contributed by atoms with Crippen LogP contribution in [0.15, 0.2) is 36.4 Å². The minimum Gasteiger partial charge on any atom is -0.506 e. The van der Waals surface area contributed by atoms with E-state index < -0.39 is 11.6 Å². The highest BCUT2D eigenvalue weighted by molar-refractivity contribution is 6.32. The zero-order valence-electron chi connectivity index (χ0n) is 8.11. The second kappa shape index (κ2) is 4.02. The van der Waals surface area contributed by atoms with E-state index >= 15 is 0 Å². The molecule has 0 radical (unpaired) electrons. The van der Waals surface area contributed by atoms with Gasteiger partial charge in [-0.3, -0.25) is 0 Å². The van der Waals surface area contributed by atoms with Gasteiger partial charge in [-0.2, -0.15) is 0 Å². The van der Waals surface area contributed by atoms with E-state index in [1.807, 2.05) is 0 Å². The van der Waals surface area contributed by atoms with Gasteiger partial charge in [-0.15, -0.1) is 0 Å². The quantitative estimate of drug-likeness (QED) is 0.798. The van der Waals surface area contributed by atoms with Crippen LogP contribution >= 0.6 is 11.6 Å². The number of phenols is 2. The maximum absolute atomic E-state index is 13.1. The zero-order chi connectivity index (χ0) is 11.7. The minimum atomic E-state index is -0.702. The summed E-state index contributed by atoms with van der Waals surface area (Å²) in [5.74, 6) is -1.17. The number of hydrogen-bond acceptors (Lipinski definition) is 2. The van der Waals surface area contributed by atoms with Crippen LogP contribution in [0.1, 0.15) is 0 Å². The highest BCUT2D eigenvalue weighted by atomic mass is 35.5. The number of benzene rings is 2. The van der Waals surface area contributed by atoms with Gasteiger partial charge in [0.15, 0.2) is 11.6 Å². The minimum absolute atomic E-state index is 0.0624. The molecule has 2 N–H and O–H groups in total. The third kappa shape index (κ3) is 1.95. The van der Waals surface area contributed by atoms with Crippen LogP contribution in [-0.4, -0.2) is 10.2 Å². The van der Waals surface area contributed by atoms with Crippen LogP contribution < -0.4 is 0 Å². The topological polar surface area (TPSA) is 40.5 Å². The number of phenolic OH excluding ortho intramolecular Hbond substituents is 2. The molecule has 0 aromatic heterocycles. The van der Waals surface area contributed by atoms with E-state index in [4.69, 9.17) is 16.7 Å². The van der Waals surface area contributed by atoms with Gasteiger partial charge in [0.25, 0.3) is 0 Å². The number of rotatable bonds is 1. The molecule has 0 aliphatic rings. The lowest BCUT2D eigenvalue weighted by Crippen LogP contribution is -1.81. The fourth-order valence-corrected chi connectivity index (χ4v) is 1.50. The number of halogens is 2. The third-order valence-electron chi connectivity index (χ3n) is 2.23. The summed E-state index contributed by atoms with van der Waals surface area (Å²) in [7, 11) is 0. The molecule has 0 saturated heterocycles. The van der Waals surface area contributed by atoms with E-state index in [0.29, 0.717) is 11.1 Å². The van der Waals surface area contributed by atoms with Crippen molar-refractivity contribution in [1.29, 1.82) is 0 Å². The molecule has 2 aromatic rings. The molecule has 0 aliphatic heterocycles. The third-order valence-corrected chi connectivity index (χ3v) is 2.55. The van der Waals surface area contributed by atoms with E-state index in [1.54, 1.807) is 12.1 Å².